The quantitative estimate of drug-likeness (QED) is 0.390. The third-order valence-corrected chi connectivity index (χ3v) is 3.82. The summed E-state index contributed by atoms with van der Waals surface area (Å²) in [5.74, 6) is 0.972. The summed E-state index contributed by atoms with van der Waals surface area (Å²) in [6.45, 7) is 2.19. The molecule has 0 unspecified atom stereocenters. The molecule has 0 spiro atoms. The molecule has 0 amide bonds. The first-order chi connectivity index (χ1) is 13.1. The van der Waals surface area contributed by atoms with Crippen molar-refractivity contribution in [2.75, 3.05) is 20.1 Å². The van der Waals surface area contributed by atoms with Crippen molar-refractivity contribution in [3.05, 3.63) is 42.5 Å². The van der Waals surface area contributed by atoms with Crippen LogP contribution in [0.25, 0.3) is 0 Å². The van der Waals surface area contributed by atoms with E-state index in [9.17, 15) is 8.78 Å². The van der Waals surface area contributed by atoms with Gasteiger partial charge < -0.3 is 19.5 Å². The third kappa shape index (κ3) is 7.59. The van der Waals surface area contributed by atoms with Crippen LogP contribution in [0.2, 0.25) is 0 Å². The van der Waals surface area contributed by atoms with E-state index in [1.54, 1.807) is 36.9 Å². The molecule has 1 N–H and O–H groups in total. The normalized spacial score (nSPS) is 11.7. The first kappa shape index (κ1) is 20.6. The Hall–Kier alpha value is -2.71. The molecule has 2 aromatic rings. The summed E-state index contributed by atoms with van der Waals surface area (Å²) < 4.78 is 30.7. The maximum atomic E-state index is 12.2. The van der Waals surface area contributed by atoms with Crippen molar-refractivity contribution >= 4 is 5.96 Å². The summed E-state index contributed by atoms with van der Waals surface area (Å²) in [6, 6.07) is 6.64. The van der Waals surface area contributed by atoms with Gasteiger partial charge in [0.2, 0.25) is 0 Å². The minimum atomic E-state index is -2.81. The van der Waals surface area contributed by atoms with Crippen LogP contribution in [0.4, 0.5) is 8.78 Å². The van der Waals surface area contributed by atoms with Gasteiger partial charge in [-0.1, -0.05) is 12.1 Å². The molecule has 2 rings (SSSR count). The number of aliphatic imine (C=N–C) groups is 1. The largest absolute Gasteiger partial charge is 0.435 e. The highest BCUT2D eigenvalue weighted by Gasteiger charge is 2.08. The second-order valence-corrected chi connectivity index (χ2v) is 6.02. The van der Waals surface area contributed by atoms with Crippen LogP contribution < -0.4 is 10.1 Å². The number of nitrogens with zero attached hydrogens (tertiary/aromatic N) is 5. The number of nitrogens with one attached hydrogen (secondary N) is 1. The van der Waals surface area contributed by atoms with Crippen molar-refractivity contribution in [2.45, 2.75) is 39.5 Å². The number of unbranched alkanes of at least 4 members (excludes halogenated alkanes) is 1. The highest BCUT2D eigenvalue weighted by Crippen LogP contribution is 2.15. The van der Waals surface area contributed by atoms with Crippen molar-refractivity contribution in [2.24, 2.45) is 4.99 Å². The number of halogens is 2. The van der Waals surface area contributed by atoms with Crippen LogP contribution >= 0.6 is 0 Å². The number of ether oxygens (including phenoxy) is 1. The van der Waals surface area contributed by atoms with Gasteiger partial charge in [0, 0.05) is 33.2 Å². The minimum absolute atomic E-state index is 0.157. The van der Waals surface area contributed by atoms with Gasteiger partial charge in [-0.25, -0.2) is 0 Å². The second kappa shape index (κ2) is 11.1. The van der Waals surface area contributed by atoms with E-state index in [1.807, 2.05) is 23.4 Å². The molecule has 0 fully saturated rings. The van der Waals surface area contributed by atoms with E-state index in [-0.39, 0.29) is 5.75 Å². The van der Waals surface area contributed by atoms with E-state index < -0.39 is 6.61 Å². The number of hydrogen-bond donors (Lipinski definition) is 1. The van der Waals surface area contributed by atoms with Crippen LogP contribution in [-0.4, -0.2) is 52.4 Å². The molecular formula is C18H26F2N6O. The second-order valence-electron chi connectivity index (χ2n) is 6.02. The van der Waals surface area contributed by atoms with Crippen molar-refractivity contribution in [1.82, 2.24) is 25.0 Å². The minimum Gasteiger partial charge on any atom is -0.435 e. The van der Waals surface area contributed by atoms with E-state index in [4.69, 9.17) is 0 Å². The Morgan fingerprint density at radius 1 is 1.22 bits per heavy atom. The van der Waals surface area contributed by atoms with Crippen molar-refractivity contribution < 1.29 is 13.5 Å². The Labute approximate surface area is 158 Å². The van der Waals surface area contributed by atoms with Gasteiger partial charge >= 0.3 is 6.61 Å². The molecule has 148 valence electrons. The molecule has 7 nitrogen and oxygen atoms in total. The Bertz CT molecular complexity index is 676. The summed E-state index contributed by atoms with van der Waals surface area (Å²) in [7, 11) is 1.95. The molecule has 0 aliphatic rings. The molecule has 0 bridgehead atoms. The van der Waals surface area contributed by atoms with Crippen molar-refractivity contribution in [3.63, 3.8) is 0 Å². The molecule has 0 saturated heterocycles. The Kier molecular flexibility index (Phi) is 8.47. The van der Waals surface area contributed by atoms with Crippen LogP contribution in [0.1, 0.15) is 25.3 Å². The fraction of sp³-hybridized carbons (Fsp3) is 0.500. The zero-order chi connectivity index (χ0) is 19.5. The highest BCUT2D eigenvalue weighted by molar-refractivity contribution is 5.79. The van der Waals surface area contributed by atoms with Gasteiger partial charge in [0.15, 0.2) is 5.96 Å². The lowest BCUT2D eigenvalue weighted by Crippen LogP contribution is -2.38. The number of aryl methyl sites for hydroxylation is 1. The molecule has 0 radical (unpaired) electrons. The first-order valence-electron chi connectivity index (χ1n) is 8.94. The molecule has 1 aromatic carbocycles. The molecule has 1 aromatic heterocycles. The topological polar surface area (TPSA) is 67.6 Å². The van der Waals surface area contributed by atoms with Gasteiger partial charge in [0.25, 0.3) is 0 Å². The summed E-state index contributed by atoms with van der Waals surface area (Å²) in [6.07, 6.45) is 5.37. The van der Waals surface area contributed by atoms with Gasteiger partial charge in [-0.05, 0) is 37.5 Å². The SMILES string of the molecule is CCNC(=NCCCCn1cnnc1)N(C)Cc1ccc(OC(F)F)cc1. The van der Waals surface area contributed by atoms with Gasteiger partial charge in [-0.3, -0.25) is 4.99 Å². The van der Waals surface area contributed by atoms with E-state index in [0.717, 1.165) is 44.0 Å². The fourth-order valence-electron chi connectivity index (χ4n) is 2.52. The molecule has 0 atom stereocenters. The van der Waals surface area contributed by atoms with Crippen LogP contribution in [0.15, 0.2) is 41.9 Å². The molecular weight excluding hydrogens is 354 g/mol. The van der Waals surface area contributed by atoms with Crippen molar-refractivity contribution in [3.8, 4) is 5.75 Å². The number of guanidine groups is 1. The zero-order valence-electron chi connectivity index (χ0n) is 15.7. The first-order valence-corrected chi connectivity index (χ1v) is 8.94. The number of benzene rings is 1. The Morgan fingerprint density at radius 3 is 2.56 bits per heavy atom. The molecule has 9 heteroatoms. The number of alkyl halides is 2. The van der Waals surface area contributed by atoms with E-state index in [0.29, 0.717) is 6.54 Å². The lowest BCUT2D eigenvalue weighted by molar-refractivity contribution is -0.0498. The van der Waals surface area contributed by atoms with Crippen LogP contribution in [-0.2, 0) is 13.1 Å². The average Bonchev–Trinajstić information content (AvgIpc) is 3.15. The third-order valence-electron chi connectivity index (χ3n) is 3.82. The smallest absolute Gasteiger partial charge is 0.387 e. The van der Waals surface area contributed by atoms with Crippen LogP contribution in [0.3, 0.4) is 0 Å². The summed E-state index contributed by atoms with van der Waals surface area (Å²) in [5, 5.41) is 10.8. The number of aromatic nitrogens is 3. The summed E-state index contributed by atoms with van der Waals surface area (Å²) in [5.41, 5.74) is 0.984. The number of hydrogen-bond acceptors (Lipinski definition) is 4. The average molecular weight is 380 g/mol. The zero-order valence-corrected chi connectivity index (χ0v) is 15.7. The summed E-state index contributed by atoms with van der Waals surface area (Å²) in [4.78, 5) is 6.66. The highest BCUT2D eigenvalue weighted by atomic mass is 19.3. The molecule has 0 aliphatic carbocycles. The predicted octanol–water partition coefficient (Wildman–Crippen LogP) is 2.76. The van der Waals surface area contributed by atoms with Crippen LogP contribution in [0.5, 0.6) is 5.75 Å². The Morgan fingerprint density at radius 2 is 1.93 bits per heavy atom. The van der Waals surface area contributed by atoms with E-state index >= 15 is 0 Å². The lowest BCUT2D eigenvalue weighted by Gasteiger charge is -2.22. The predicted molar refractivity (Wildman–Crippen MR) is 99.8 cm³/mol. The van der Waals surface area contributed by atoms with Crippen molar-refractivity contribution in [1.29, 1.82) is 0 Å². The molecule has 0 saturated carbocycles. The van der Waals surface area contributed by atoms with E-state index in [1.165, 1.54) is 0 Å². The standard InChI is InChI=1S/C18H26F2N6O/c1-3-21-18(22-10-4-5-11-26-13-23-24-14-26)25(2)12-15-6-8-16(9-7-15)27-17(19)20/h6-9,13-14,17H,3-5,10-12H2,1-2H3,(H,21,22). The molecule has 0 aliphatic heterocycles. The molecule has 27 heavy (non-hydrogen) atoms. The van der Waals surface area contributed by atoms with Gasteiger partial charge in [-0.15, -0.1) is 10.2 Å². The van der Waals surface area contributed by atoms with E-state index in [2.05, 4.69) is 25.2 Å². The Balaban J connectivity index is 1.82. The maximum Gasteiger partial charge on any atom is 0.387 e. The van der Waals surface area contributed by atoms with Gasteiger partial charge in [0.1, 0.15) is 18.4 Å². The van der Waals surface area contributed by atoms with Crippen LogP contribution in [0, 0.1) is 0 Å². The maximum absolute atomic E-state index is 12.2. The summed E-state index contributed by atoms with van der Waals surface area (Å²) >= 11 is 0. The monoisotopic (exact) mass is 380 g/mol. The number of rotatable bonds is 10. The van der Waals surface area contributed by atoms with Gasteiger partial charge in [-0.2, -0.15) is 8.78 Å². The van der Waals surface area contributed by atoms with Gasteiger partial charge in [0.05, 0.1) is 0 Å². The molecule has 1 heterocycles. The lowest BCUT2D eigenvalue weighted by atomic mass is 10.2. The fourth-order valence-corrected chi connectivity index (χ4v) is 2.52.